The van der Waals surface area contributed by atoms with Gasteiger partial charge in [0.15, 0.2) is 11.5 Å². The van der Waals surface area contributed by atoms with E-state index in [0.29, 0.717) is 18.1 Å². The topological polar surface area (TPSA) is 77.7 Å². The molecule has 0 aliphatic rings. The van der Waals surface area contributed by atoms with Crippen molar-refractivity contribution < 1.29 is 0 Å². The Labute approximate surface area is 124 Å². The van der Waals surface area contributed by atoms with E-state index in [1.807, 2.05) is 24.4 Å². The van der Waals surface area contributed by atoms with Gasteiger partial charge in [0.05, 0.1) is 0 Å². The summed E-state index contributed by atoms with van der Waals surface area (Å²) in [5.74, 6) is 1.47. The molecule has 108 valence electrons. The van der Waals surface area contributed by atoms with Gasteiger partial charge in [-0.05, 0) is 25.5 Å². The van der Waals surface area contributed by atoms with E-state index in [1.165, 1.54) is 6.20 Å². The number of hydrogen-bond donors (Lipinski definition) is 1. The third kappa shape index (κ3) is 3.66. The lowest BCUT2D eigenvalue weighted by atomic mass is 10.2. The molecule has 2 aromatic heterocycles. The van der Waals surface area contributed by atoms with Crippen LogP contribution in [0.15, 0.2) is 30.7 Å². The summed E-state index contributed by atoms with van der Waals surface area (Å²) in [4.78, 5) is 14.7. The van der Waals surface area contributed by atoms with Gasteiger partial charge in [-0.25, -0.2) is 15.0 Å². The summed E-state index contributed by atoms with van der Waals surface area (Å²) >= 11 is 0. The Morgan fingerprint density at radius 3 is 2.52 bits per heavy atom. The van der Waals surface area contributed by atoms with Crippen LogP contribution >= 0.6 is 0 Å². The number of rotatable bonds is 6. The highest BCUT2D eigenvalue weighted by molar-refractivity contribution is 5.47. The minimum absolute atomic E-state index is 0.297. The zero-order chi connectivity index (χ0) is 15.1. The van der Waals surface area contributed by atoms with Gasteiger partial charge in [0.1, 0.15) is 11.9 Å². The van der Waals surface area contributed by atoms with Crippen LogP contribution in [0.1, 0.15) is 25.1 Å². The zero-order valence-electron chi connectivity index (χ0n) is 12.2. The zero-order valence-corrected chi connectivity index (χ0v) is 12.2. The second kappa shape index (κ2) is 7.20. The van der Waals surface area contributed by atoms with Gasteiger partial charge in [0.2, 0.25) is 0 Å². The first-order valence-corrected chi connectivity index (χ1v) is 6.93. The second-order valence-electron chi connectivity index (χ2n) is 4.42. The lowest BCUT2D eigenvalue weighted by Gasteiger charge is -2.19. The van der Waals surface area contributed by atoms with Crippen LogP contribution in [0.3, 0.4) is 0 Å². The molecule has 0 aliphatic carbocycles. The van der Waals surface area contributed by atoms with Crippen molar-refractivity contribution in [2.75, 3.05) is 23.3 Å². The van der Waals surface area contributed by atoms with Crippen molar-refractivity contribution in [2.24, 2.45) is 0 Å². The Morgan fingerprint density at radius 2 is 1.90 bits per heavy atom. The van der Waals surface area contributed by atoms with Crippen molar-refractivity contribution in [2.45, 2.75) is 20.4 Å². The Kier molecular flexibility index (Phi) is 5.04. The van der Waals surface area contributed by atoms with Crippen LogP contribution in [0.4, 0.5) is 11.6 Å². The van der Waals surface area contributed by atoms with E-state index in [1.54, 1.807) is 6.20 Å². The third-order valence-electron chi connectivity index (χ3n) is 3.16. The summed E-state index contributed by atoms with van der Waals surface area (Å²) in [6, 6.07) is 6.04. The molecule has 0 atom stereocenters. The van der Waals surface area contributed by atoms with Crippen molar-refractivity contribution in [3.63, 3.8) is 0 Å². The van der Waals surface area contributed by atoms with Crippen molar-refractivity contribution in [1.29, 1.82) is 5.26 Å². The highest BCUT2D eigenvalue weighted by Gasteiger charge is 2.05. The van der Waals surface area contributed by atoms with Crippen LogP contribution in [0, 0.1) is 11.3 Å². The SMILES string of the molecule is CCN(CC)c1ccc(CNc2nccnc2C#N)cn1. The van der Waals surface area contributed by atoms with E-state index < -0.39 is 0 Å². The van der Waals surface area contributed by atoms with Crippen molar-refractivity contribution >= 4 is 11.6 Å². The van der Waals surface area contributed by atoms with Gasteiger partial charge >= 0.3 is 0 Å². The fourth-order valence-electron chi connectivity index (χ4n) is 1.99. The fraction of sp³-hybridized carbons (Fsp3) is 0.333. The van der Waals surface area contributed by atoms with Gasteiger partial charge in [0, 0.05) is 38.2 Å². The smallest absolute Gasteiger partial charge is 0.182 e. The standard InChI is InChI=1S/C15H18N6/c1-3-21(4-2)14-6-5-12(10-19-14)11-20-15-13(9-16)17-7-8-18-15/h5-8,10H,3-4,11H2,1-2H3,(H,18,20). The summed E-state index contributed by atoms with van der Waals surface area (Å²) < 4.78 is 0. The minimum atomic E-state index is 0.297. The predicted molar refractivity (Wildman–Crippen MR) is 81.9 cm³/mol. The molecule has 1 N–H and O–H groups in total. The molecule has 2 aromatic rings. The molecule has 6 heteroatoms. The average Bonchev–Trinajstić information content (AvgIpc) is 2.55. The van der Waals surface area contributed by atoms with Crippen molar-refractivity contribution in [3.8, 4) is 6.07 Å². The molecule has 0 aliphatic heterocycles. The quantitative estimate of drug-likeness (QED) is 0.875. The summed E-state index contributed by atoms with van der Waals surface area (Å²) in [5, 5.41) is 12.1. The van der Waals surface area contributed by atoms with Gasteiger partial charge in [-0.2, -0.15) is 5.26 Å². The van der Waals surface area contributed by atoms with Crippen LogP contribution in [-0.2, 0) is 6.54 Å². The number of nitrogens with one attached hydrogen (secondary N) is 1. The van der Waals surface area contributed by atoms with Crippen LogP contribution in [0.5, 0.6) is 0 Å². The van der Waals surface area contributed by atoms with E-state index >= 15 is 0 Å². The van der Waals surface area contributed by atoms with E-state index in [0.717, 1.165) is 24.5 Å². The van der Waals surface area contributed by atoms with Crippen LogP contribution < -0.4 is 10.2 Å². The molecular formula is C15H18N6. The lowest BCUT2D eigenvalue weighted by Crippen LogP contribution is -2.22. The van der Waals surface area contributed by atoms with E-state index in [4.69, 9.17) is 5.26 Å². The second-order valence-corrected chi connectivity index (χ2v) is 4.42. The van der Waals surface area contributed by atoms with Gasteiger partial charge in [0.25, 0.3) is 0 Å². The number of anilines is 2. The van der Waals surface area contributed by atoms with Gasteiger partial charge < -0.3 is 10.2 Å². The molecule has 21 heavy (non-hydrogen) atoms. The molecule has 0 saturated carbocycles. The maximum absolute atomic E-state index is 8.96. The highest BCUT2D eigenvalue weighted by atomic mass is 15.2. The Hall–Kier alpha value is -2.68. The van der Waals surface area contributed by atoms with E-state index in [-0.39, 0.29) is 0 Å². The largest absolute Gasteiger partial charge is 0.364 e. The summed E-state index contributed by atoms with van der Waals surface area (Å²) in [6.45, 7) is 6.65. The number of nitrogens with zero attached hydrogens (tertiary/aromatic N) is 5. The van der Waals surface area contributed by atoms with Crippen molar-refractivity contribution in [3.05, 3.63) is 42.0 Å². The van der Waals surface area contributed by atoms with Gasteiger partial charge in [-0.15, -0.1) is 0 Å². The number of hydrogen-bond acceptors (Lipinski definition) is 6. The Bertz CT molecular complexity index is 613. The minimum Gasteiger partial charge on any atom is -0.364 e. The monoisotopic (exact) mass is 282 g/mol. The predicted octanol–water partition coefficient (Wildman–Crippen LogP) is 2.20. The number of nitriles is 1. The van der Waals surface area contributed by atoms with Gasteiger partial charge in [-0.3, -0.25) is 0 Å². The summed E-state index contributed by atoms with van der Waals surface area (Å²) in [7, 11) is 0. The first-order chi connectivity index (χ1) is 10.3. The maximum Gasteiger partial charge on any atom is 0.182 e. The molecule has 0 bridgehead atoms. The third-order valence-corrected chi connectivity index (χ3v) is 3.16. The molecule has 0 aromatic carbocycles. The van der Waals surface area contributed by atoms with Gasteiger partial charge in [-0.1, -0.05) is 6.07 Å². The fourth-order valence-corrected chi connectivity index (χ4v) is 1.99. The molecule has 2 rings (SSSR count). The highest BCUT2D eigenvalue weighted by Crippen LogP contribution is 2.13. The molecule has 0 amide bonds. The molecular weight excluding hydrogens is 264 g/mol. The van der Waals surface area contributed by atoms with Crippen molar-refractivity contribution in [1.82, 2.24) is 15.0 Å². The van der Waals surface area contributed by atoms with Crippen LogP contribution in [0.25, 0.3) is 0 Å². The Balaban J connectivity index is 2.03. The molecule has 0 spiro atoms. The molecule has 0 saturated heterocycles. The van der Waals surface area contributed by atoms with E-state index in [2.05, 4.69) is 39.0 Å². The van der Waals surface area contributed by atoms with Crippen LogP contribution in [-0.4, -0.2) is 28.0 Å². The molecule has 0 unspecified atom stereocenters. The normalized spacial score (nSPS) is 9.95. The lowest BCUT2D eigenvalue weighted by molar-refractivity contribution is 0.844. The summed E-state index contributed by atoms with van der Waals surface area (Å²) in [6.07, 6.45) is 4.90. The molecule has 0 fully saturated rings. The number of aromatic nitrogens is 3. The maximum atomic E-state index is 8.96. The average molecular weight is 282 g/mol. The Morgan fingerprint density at radius 1 is 1.14 bits per heavy atom. The summed E-state index contributed by atoms with van der Waals surface area (Å²) in [5.41, 5.74) is 1.32. The first kappa shape index (κ1) is 14.7. The molecule has 2 heterocycles. The number of pyridine rings is 1. The molecule has 6 nitrogen and oxygen atoms in total. The van der Waals surface area contributed by atoms with E-state index in [9.17, 15) is 0 Å². The first-order valence-electron chi connectivity index (χ1n) is 6.93. The molecule has 0 radical (unpaired) electrons. The van der Waals surface area contributed by atoms with Crippen LogP contribution in [0.2, 0.25) is 0 Å².